The lowest BCUT2D eigenvalue weighted by Crippen LogP contribution is -2.39. The van der Waals surface area contributed by atoms with Crippen molar-refractivity contribution in [2.24, 2.45) is 10.7 Å². The zero-order valence-electron chi connectivity index (χ0n) is 16.0. The van der Waals surface area contributed by atoms with E-state index < -0.39 is 0 Å². The molecule has 0 aliphatic rings. The maximum atomic E-state index is 6.19. The van der Waals surface area contributed by atoms with Crippen molar-refractivity contribution in [3.05, 3.63) is 65.7 Å². The van der Waals surface area contributed by atoms with E-state index in [4.69, 9.17) is 10.2 Å². The minimum Gasteiger partial charge on any atom is -0.461 e. The smallest absolute Gasteiger partial charge is 0.232 e. The van der Waals surface area contributed by atoms with Gasteiger partial charge in [0, 0.05) is 36.5 Å². The number of aliphatic imine (C=N–C) groups is 1. The topological polar surface area (TPSA) is 80.5 Å². The van der Waals surface area contributed by atoms with Crippen molar-refractivity contribution in [2.75, 3.05) is 18.0 Å². The van der Waals surface area contributed by atoms with E-state index in [-0.39, 0.29) is 0 Å². The second-order valence-electron chi connectivity index (χ2n) is 6.32. The Balaban J connectivity index is 1.65. The Morgan fingerprint density at radius 1 is 1.07 bits per heavy atom. The second kappa shape index (κ2) is 8.49. The van der Waals surface area contributed by atoms with E-state index in [2.05, 4.69) is 15.0 Å². The highest BCUT2D eigenvalue weighted by Gasteiger charge is 2.13. The third-order valence-corrected chi connectivity index (χ3v) is 4.16. The Morgan fingerprint density at radius 2 is 1.78 bits per heavy atom. The van der Waals surface area contributed by atoms with Gasteiger partial charge >= 0.3 is 0 Å². The van der Waals surface area contributed by atoms with Crippen LogP contribution in [0.25, 0.3) is 11.3 Å². The Hall–Kier alpha value is -3.15. The number of benzene rings is 1. The van der Waals surface area contributed by atoms with Crippen LogP contribution in [0.5, 0.6) is 0 Å². The van der Waals surface area contributed by atoms with Gasteiger partial charge in [0.1, 0.15) is 11.5 Å². The number of furan rings is 1. The average Bonchev–Trinajstić information content (AvgIpc) is 3.11. The second-order valence-corrected chi connectivity index (χ2v) is 6.32. The summed E-state index contributed by atoms with van der Waals surface area (Å²) in [4.78, 5) is 15.2. The molecular formula is C21H25N5O. The SMILES string of the molecule is CCN(C(N)=NCCc1ccc(-c2ccccc2)o1)c1nc(C)cc(C)n1. The van der Waals surface area contributed by atoms with E-state index in [9.17, 15) is 0 Å². The largest absolute Gasteiger partial charge is 0.461 e. The average molecular weight is 363 g/mol. The van der Waals surface area contributed by atoms with E-state index in [1.165, 1.54) is 0 Å². The molecule has 2 aromatic heterocycles. The van der Waals surface area contributed by atoms with Crippen LogP contribution in [0.4, 0.5) is 5.95 Å². The maximum absolute atomic E-state index is 6.19. The Morgan fingerprint density at radius 3 is 2.44 bits per heavy atom. The van der Waals surface area contributed by atoms with Crippen LogP contribution in [0.3, 0.4) is 0 Å². The van der Waals surface area contributed by atoms with Gasteiger partial charge in [0.15, 0.2) is 5.96 Å². The van der Waals surface area contributed by atoms with E-state index in [0.29, 0.717) is 31.4 Å². The van der Waals surface area contributed by atoms with Crippen LogP contribution in [0, 0.1) is 13.8 Å². The Kier molecular flexibility index (Phi) is 5.86. The normalized spacial score (nSPS) is 11.6. The number of hydrogen-bond acceptors (Lipinski definition) is 4. The van der Waals surface area contributed by atoms with Crippen LogP contribution in [0.1, 0.15) is 24.1 Å². The predicted octanol–water partition coefficient (Wildman–Crippen LogP) is 3.74. The van der Waals surface area contributed by atoms with Crippen LogP contribution >= 0.6 is 0 Å². The van der Waals surface area contributed by atoms with Gasteiger partial charge in [0.25, 0.3) is 0 Å². The predicted molar refractivity (Wildman–Crippen MR) is 109 cm³/mol. The first kappa shape index (κ1) is 18.6. The fraction of sp³-hybridized carbons (Fsp3) is 0.286. The van der Waals surface area contributed by atoms with E-state index in [1.807, 2.05) is 74.2 Å². The fourth-order valence-corrected chi connectivity index (χ4v) is 2.87. The lowest BCUT2D eigenvalue weighted by Gasteiger charge is -2.20. The molecule has 0 bridgehead atoms. The van der Waals surface area contributed by atoms with Crippen molar-refractivity contribution in [1.29, 1.82) is 0 Å². The van der Waals surface area contributed by atoms with Gasteiger partial charge in [-0.05, 0) is 39.0 Å². The van der Waals surface area contributed by atoms with Crippen molar-refractivity contribution in [3.8, 4) is 11.3 Å². The molecule has 0 fully saturated rings. The van der Waals surface area contributed by atoms with Crippen LogP contribution in [0.2, 0.25) is 0 Å². The number of nitrogens with two attached hydrogens (primary N) is 1. The minimum absolute atomic E-state index is 0.414. The van der Waals surface area contributed by atoms with Gasteiger partial charge in [-0.3, -0.25) is 9.89 Å². The number of rotatable bonds is 6. The molecule has 0 saturated carbocycles. The molecule has 1 aromatic carbocycles. The standard InChI is InChI=1S/C21H25N5O/c1-4-26(21-24-15(2)14-16(3)25-21)20(22)23-13-12-18-10-11-19(27-18)17-8-6-5-7-9-17/h5-11,14H,4,12-13H2,1-3H3,(H2,22,23). The van der Waals surface area contributed by atoms with Gasteiger partial charge in [0.05, 0.1) is 0 Å². The van der Waals surface area contributed by atoms with E-state index in [0.717, 1.165) is 28.5 Å². The molecule has 3 aromatic rings. The molecule has 2 heterocycles. The van der Waals surface area contributed by atoms with Gasteiger partial charge in [-0.1, -0.05) is 30.3 Å². The summed E-state index contributed by atoms with van der Waals surface area (Å²) in [7, 11) is 0. The Bertz CT molecular complexity index is 897. The molecule has 2 N–H and O–H groups in total. The van der Waals surface area contributed by atoms with Crippen molar-refractivity contribution < 1.29 is 4.42 Å². The summed E-state index contributed by atoms with van der Waals surface area (Å²) in [6.45, 7) is 7.08. The quantitative estimate of drug-likeness (QED) is 0.533. The van der Waals surface area contributed by atoms with Crippen LogP contribution < -0.4 is 10.6 Å². The molecule has 0 aliphatic carbocycles. The molecule has 0 spiro atoms. The molecular weight excluding hydrogens is 338 g/mol. The zero-order chi connectivity index (χ0) is 19.2. The first-order valence-electron chi connectivity index (χ1n) is 9.10. The molecule has 3 rings (SSSR count). The van der Waals surface area contributed by atoms with Crippen LogP contribution in [-0.4, -0.2) is 29.0 Å². The molecule has 6 nitrogen and oxygen atoms in total. The van der Waals surface area contributed by atoms with Crippen LogP contribution in [0.15, 0.2) is 57.9 Å². The number of anilines is 1. The summed E-state index contributed by atoms with van der Waals surface area (Å²) < 4.78 is 5.91. The molecule has 0 unspecified atom stereocenters. The third kappa shape index (κ3) is 4.73. The van der Waals surface area contributed by atoms with Crippen LogP contribution in [-0.2, 0) is 6.42 Å². The van der Waals surface area contributed by atoms with Crippen molar-refractivity contribution in [1.82, 2.24) is 9.97 Å². The number of aryl methyl sites for hydroxylation is 2. The number of hydrogen-bond donors (Lipinski definition) is 1. The summed E-state index contributed by atoms with van der Waals surface area (Å²) in [5.74, 6) is 2.75. The van der Waals surface area contributed by atoms with Crippen molar-refractivity contribution in [2.45, 2.75) is 27.2 Å². The first-order chi connectivity index (χ1) is 13.1. The summed E-state index contributed by atoms with van der Waals surface area (Å²) in [5, 5.41) is 0. The highest BCUT2D eigenvalue weighted by molar-refractivity contribution is 5.93. The maximum Gasteiger partial charge on any atom is 0.232 e. The number of aromatic nitrogens is 2. The summed E-state index contributed by atoms with van der Waals surface area (Å²) >= 11 is 0. The van der Waals surface area contributed by atoms with Crippen molar-refractivity contribution >= 4 is 11.9 Å². The lowest BCUT2D eigenvalue weighted by molar-refractivity contribution is 0.524. The van der Waals surface area contributed by atoms with Gasteiger partial charge < -0.3 is 10.2 Å². The molecule has 0 radical (unpaired) electrons. The highest BCUT2D eigenvalue weighted by atomic mass is 16.3. The van der Waals surface area contributed by atoms with E-state index in [1.54, 1.807) is 0 Å². The summed E-state index contributed by atoms with van der Waals surface area (Å²) in [6.07, 6.45) is 0.679. The zero-order valence-corrected chi connectivity index (χ0v) is 16.0. The van der Waals surface area contributed by atoms with Crippen molar-refractivity contribution in [3.63, 3.8) is 0 Å². The van der Waals surface area contributed by atoms with Gasteiger partial charge in [-0.2, -0.15) is 0 Å². The lowest BCUT2D eigenvalue weighted by atomic mass is 10.2. The molecule has 0 aliphatic heterocycles. The first-order valence-corrected chi connectivity index (χ1v) is 9.10. The fourth-order valence-electron chi connectivity index (χ4n) is 2.87. The molecule has 27 heavy (non-hydrogen) atoms. The van der Waals surface area contributed by atoms with Gasteiger partial charge in [-0.15, -0.1) is 0 Å². The summed E-state index contributed by atoms with van der Waals surface area (Å²) in [6, 6.07) is 15.9. The third-order valence-electron chi connectivity index (χ3n) is 4.16. The molecule has 0 saturated heterocycles. The molecule has 140 valence electrons. The Labute approximate surface area is 159 Å². The highest BCUT2D eigenvalue weighted by Crippen LogP contribution is 2.22. The molecule has 0 atom stereocenters. The molecule has 0 amide bonds. The molecule has 6 heteroatoms. The monoisotopic (exact) mass is 363 g/mol. The van der Waals surface area contributed by atoms with Gasteiger partial charge in [-0.25, -0.2) is 9.97 Å². The van der Waals surface area contributed by atoms with Gasteiger partial charge in [0.2, 0.25) is 5.95 Å². The number of guanidine groups is 1. The summed E-state index contributed by atoms with van der Waals surface area (Å²) in [5.41, 5.74) is 9.07. The minimum atomic E-state index is 0.414. The van der Waals surface area contributed by atoms with E-state index >= 15 is 0 Å². The number of nitrogens with zero attached hydrogens (tertiary/aromatic N) is 4.